The van der Waals surface area contributed by atoms with Gasteiger partial charge in [0.2, 0.25) is 0 Å². The van der Waals surface area contributed by atoms with E-state index in [1.165, 1.54) is 28.9 Å². The molecule has 0 aliphatic rings. The molecule has 4 N–H and O–H groups in total. The van der Waals surface area contributed by atoms with Crippen LogP contribution >= 0.6 is 0 Å². The Morgan fingerprint density at radius 2 is 1.74 bits per heavy atom. The lowest BCUT2D eigenvalue weighted by Gasteiger charge is -2.15. The van der Waals surface area contributed by atoms with Crippen LogP contribution < -0.4 is 16.2 Å². The fraction of sp³-hybridized carbons (Fsp3) is 0.238. The molecule has 0 spiro atoms. The number of nitrogen functional groups attached to an aromatic ring is 1. The van der Waals surface area contributed by atoms with Crippen LogP contribution in [0, 0.1) is 0 Å². The molecule has 0 bridgehead atoms. The number of amides is 1. The minimum Gasteiger partial charge on any atom is -0.406 e. The Labute approximate surface area is 176 Å². The van der Waals surface area contributed by atoms with Crippen molar-refractivity contribution in [2.24, 2.45) is 5.73 Å². The number of aromatic nitrogens is 2. The summed E-state index contributed by atoms with van der Waals surface area (Å²) < 4.78 is 47.9. The van der Waals surface area contributed by atoms with Crippen LogP contribution in [-0.4, -0.2) is 22.1 Å². The SMILES string of the molecule is CC(c1ccc(OC(F)(F)F)cc1)n1nc(COCc2ccccc2)c(C(N)=O)c1N. The molecule has 2 aromatic carbocycles. The highest BCUT2D eigenvalue weighted by Gasteiger charge is 2.31. The Morgan fingerprint density at radius 3 is 2.32 bits per heavy atom. The van der Waals surface area contributed by atoms with Crippen molar-refractivity contribution in [3.05, 3.63) is 77.0 Å². The second kappa shape index (κ2) is 9.09. The lowest BCUT2D eigenvalue weighted by molar-refractivity contribution is -0.274. The van der Waals surface area contributed by atoms with E-state index in [-0.39, 0.29) is 29.4 Å². The zero-order chi connectivity index (χ0) is 22.6. The van der Waals surface area contributed by atoms with Crippen molar-refractivity contribution < 1.29 is 27.4 Å². The van der Waals surface area contributed by atoms with Gasteiger partial charge in [-0.25, -0.2) is 4.68 Å². The average molecular weight is 434 g/mol. The first kappa shape index (κ1) is 22.2. The minimum absolute atomic E-state index is 0.00937. The number of nitrogens with two attached hydrogens (primary N) is 2. The maximum absolute atomic E-state index is 12.3. The third-order valence-corrected chi connectivity index (χ3v) is 4.58. The highest BCUT2D eigenvalue weighted by Crippen LogP contribution is 2.28. The Bertz CT molecular complexity index is 1030. The van der Waals surface area contributed by atoms with Crippen LogP contribution in [0.25, 0.3) is 0 Å². The summed E-state index contributed by atoms with van der Waals surface area (Å²) in [5.74, 6) is -1.04. The second-order valence-electron chi connectivity index (χ2n) is 6.79. The van der Waals surface area contributed by atoms with E-state index in [1.807, 2.05) is 30.3 Å². The van der Waals surface area contributed by atoms with Crippen LogP contribution in [0.4, 0.5) is 19.0 Å². The summed E-state index contributed by atoms with van der Waals surface area (Å²) in [7, 11) is 0. The standard InChI is InChI=1S/C21H21F3N4O3/c1-13(15-7-9-16(10-8-15)31-21(22,23)24)28-19(25)18(20(26)29)17(27-28)12-30-11-14-5-3-2-4-6-14/h2-10,13H,11-12,25H2,1H3,(H2,26,29). The number of carbonyl (C=O) groups is 1. The molecule has 10 heteroatoms. The van der Waals surface area contributed by atoms with E-state index in [4.69, 9.17) is 16.2 Å². The Morgan fingerprint density at radius 1 is 1.10 bits per heavy atom. The zero-order valence-electron chi connectivity index (χ0n) is 16.6. The van der Waals surface area contributed by atoms with Crippen LogP contribution in [0.5, 0.6) is 5.75 Å². The maximum Gasteiger partial charge on any atom is 0.573 e. The van der Waals surface area contributed by atoms with Gasteiger partial charge in [0, 0.05) is 0 Å². The third-order valence-electron chi connectivity index (χ3n) is 4.58. The Kier molecular flexibility index (Phi) is 6.50. The van der Waals surface area contributed by atoms with Gasteiger partial charge in [-0.3, -0.25) is 4.79 Å². The smallest absolute Gasteiger partial charge is 0.406 e. The number of alkyl halides is 3. The monoisotopic (exact) mass is 434 g/mol. The van der Waals surface area contributed by atoms with Crippen molar-refractivity contribution in [2.45, 2.75) is 32.5 Å². The van der Waals surface area contributed by atoms with E-state index in [0.29, 0.717) is 12.2 Å². The van der Waals surface area contributed by atoms with E-state index in [0.717, 1.165) is 5.56 Å². The first-order chi connectivity index (χ1) is 14.7. The molecule has 3 aromatic rings. The number of halogens is 3. The summed E-state index contributed by atoms with van der Waals surface area (Å²) in [5, 5.41) is 4.37. The highest BCUT2D eigenvalue weighted by molar-refractivity contribution is 5.98. The molecule has 0 saturated carbocycles. The number of hydrogen-bond donors (Lipinski definition) is 2. The second-order valence-corrected chi connectivity index (χ2v) is 6.79. The maximum atomic E-state index is 12.3. The van der Waals surface area contributed by atoms with E-state index in [1.54, 1.807) is 6.92 Å². The van der Waals surface area contributed by atoms with Crippen molar-refractivity contribution in [2.75, 3.05) is 5.73 Å². The predicted molar refractivity (Wildman–Crippen MR) is 107 cm³/mol. The summed E-state index contributed by atoms with van der Waals surface area (Å²) >= 11 is 0. The number of primary amides is 1. The Hall–Kier alpha value is -3.53. The van der Waals surface area contributed by atoms with E-state index in [9.17, 15) is 18.0 Å². The molecular weight excluding hydrogens is 413 g/mol. The first-order valence-corrected chi connectivity index (χ1v) is 9.29. The van der Waals surface area contributed by atoms with Crippen LogP contribution in [0.2, 0.25) is 0 Å². The van der Waals surface area contributed by atoms with Crippen molar-refractivity contribution in [3.8, 4) is 5.75 Å². The van der Waals surface area contributed by atoms with Crippen molar-refractivity contribution in [1.29, 1.82) is 0 Å². The van der Waals surface area contributed by atoms with Gasteiger partial charge in [0.05, 0.1) is 19.3 Å². The predicted octanol–water partition coefficient (Wildman–Crippen LogP) is 3.79. The minimum atomic E-state index is -4.77. The zero-order valence-corrected chi connectivity index (χ0v) is 16.6. The molecule has 0 aliphatic heterocycles. The van der Waals surface area contributed by atoms with Gasteiger partial charge in [-0.1, -0.05) is 42.5 Å². The molecule has 7 nitrogen and oxygen atoms in total. The highest BCUT2D eigenvalue weighted by atomic mass is 19.4. The van der Waals surface area contributed by atoms with Gasteiger partial charge in [0.1, 0.15) is 22.8 Å². The molecule has 1 atom stereocenters. The molecule has 164 valence electrons. The molecule has 1 heterocycles. The number of ether oxygens (including phenoxy) is 2. The lowest BCUT2D eigenvalue weighted by Crippen LogP contribution is -2.17. The summed E-state index contributed by atoms with van der Waals surface area (Å²) in [6.07, 6.45) is -4.77. The largest absolute Gasteiger partial charge is 0.573 e. The molecule has 3 rings (SSSR count). The molecule has 1 aromatic heterocycles. The van der Waals surface area contributed by atoms with Crippen LogP contribution in [0.15, 0.2) is 54.6 Å². The van der Waals surface area contributed by atoms with Gasteiger partial charge in [-0.15, -0.1) is 13.2 Å². The number of benzene rings is 2. The normalized spacial score (nSPS) is 12.5. The fourth-order valence-corrected chi connectivity index (χ4v) is 3.09. The van der Waals surface area contributed by atoms with Crippen molar-refractivity contribution in [1.82, 2.24) is 9.78 Å². The summed E-state index contributed by atoms with van der Waals surface area (Å²) in [6, 6.07) is 14.3. The first-order valence-electron chi connectivity index (χ1n) is 9.29. The van der Waals surface area contributed by atoms with Crippen LogP contribution in [0.1, 0.15) is 40.1 Å². The molecule has 0 radical (unpaired) electrons. The number of nitrogens with zero attached hydrogens (tertiary/aromatic N) is 2. The number of anilines is 1. The molecular formula is C21H21F3N4O3. The van der Waals surface area contributed by atoms with E-state index < -0.39 is 18.3 Å². The molecule has 0 saturated heterocycles. The van der Waals surface area contributed by atoms with Gasteiger partial charge in [0.25, 0.3) is 5.91 Å². The molecule has 1 amide bonds. The van der Waals surface area contributed by atoms with Gasteiger partial charge >= 0.3 is 6.36 Å². The van der Waals surface area contributed by atoms with Crippen molar-refractivity contribution >= 4 is 11.7 Å². The Balaban J connectivity index is 1.79. The average Bonchev–Trinajstić information content (AvgIpc) is 3.04. The van der Waals surface area contributed by atoms with Gasteiger partial charge in [-0.2, -0.15) is 5.10 Å². The summed E-state index contributed by atoms with van der Waals surface area (Å²) in [6.45, 7) is 2.06. The summed E-state index contributed by atoms with van der Waals surface area (Å²) in [4.78, 5) is 11.9. The number of carbonyl (C=O) groups excluding carboxylic acids is 1. The molecule has 0 aliphatic carbocycles. The third kappa shape index (κ3) is 5.54. The van der Waals surface area contributed by atoms with Crippen molar-refractivity contribution in [3.63, 3.8) is 0 Å². The van der Waals surface area contributed by atoms with Gasteiger partial charge in [-0.05, 0) is 30.2 Å². The van der Waals surface area contributed by atoms with Gasteiger partial charge < -0.3 is 20.9 Å². The fourth-order valence-electron chi connectivity index (χ4n) is 3.09. The summed E-state index contributed by atoms with van der Waals surface area (Å²) in [5.41, 5.74) is 13.5. The topological polar surface area (TPSA) is 105 Å². The van der Waals surface area contributed by atoms with E-state index in [2.05, 4.69) is 9.84 Å². The van der Waals surface area contributed by atoms with Crippen LogP contribution in [-0.2, 0) is 18.0 Å². The molecule has 31 heavy (non-hydrogen) atoms. The quantitative estimate of drug-likeness (QED) is 0.561. The van der Waals surface area contributed by atoms with Crippen LogP contribution in [0.3, 0.4) is 0 Å². The van der Waals surface area contributed by atoms with E-state index >= 15 is 0 Å². The number of rotatable bonds is 8. The number of hydrogen-bond acceptors (Lipinski definition) is 5. The molecule has 1 unspecified atom stereocenters. The lowest BCUT2D eigenvalue weighted by atomic mass is 10.1. The molecule has 0 fully saturated rings. The van der Waals surface area contributed by atoms with Gasteiger partial charge in [0.15, 0.2) is 0 Å².